The fourth-order valence-electron chi connectivity index (χ4n) is 4.41. The molecule has 0 bridgehead atoms. The van der Waals surface area contributed by atoms with Gasteiger partial charge in [-0.05, 0) is 25.2 Å². The van der Waals surface area contributed by atoms with E-state index in [9.17, 15) is 15.0 Å². The maximum absolute atomic E-state index is 11.8. The number of hydrogen-bond acceptors (Lipinski definition) is 4. The van der Waals surface area contributed by atoms with Crippen molar-refractivity contribution in [3.05, 3.63) is 12.2 Å². The number of aliphatic hydroxyl groups excluding tert-OH is 2. The van der Waals surface area contributed by atoms with E-state index in [4.69, 9.17) is 4.74 Å². The lowest BCUT2D eigenvalue weighted by molar-refractivity contribution is -0.147. The number of allylic oxidation sites excluding steroid dienone is 1. The van der Waals surface area contributed by atoms with Crippen LogP contribution in [0.2, 0.25) is 0 Å². The molecule has 0 aromatic carbocycles. The van der Waals surface area contributed by atoms with Crippen LogP contribution in [0, 0.1) is 29.6 Å². The lowest BCUT2D eigenvalue weighted by Gasteiger charge is -2.30. The van der Waals surface area contributed by atoms with Gasteiger partial charge in [-0.15, -0.1) is 0 Å². The summed E-state index contributed by atoms with van der Waals surface area (Å²) >= 11 is 0. The van der Waals surface area contributed by atoms with Gasteiger partial charge >= 0.3 is 5.97 Å². The van der Waals surface area contributed by atoms with Crippen molar-refractivity contribution in [2.45, 2.75) is 38.4 Å². The molecule has 3 fully saturated rings. The van der Waals surface area contributed by atoms with Crippen LogP contribution in [0.4, 0.5) is 0 Å². The van der Waals surface area contributed by atoms with Crippen molar-refractivity contribution >= 4 is 5.97 Å². The van der Waals surface area contributed by atoms with Crippen LogP contribution in [0.15, 0.2) is 12.2 Å². The number of ether oxygens (including phenoxy) is 1. The van der Waals surface area contributed by atoms with E-state index in [-0.39, 0.29) is 48.3 Å². The maximum Gasteiger partial charge on any atom is 0.309 e. The number of fused-ring (bicyclic) bond motifs is 3. The SMILES string of the molecule is C=C1CC[C@H]2C(C)C(=O)O[C@@H]2[C@H]2C(CO)[C@H](O)C[C@@H]12. The Bertz CT molecular complexity index is 405. The van der Waals surface area contributed by atoms with Crippen LogP contribution in [-0.4, -0.2) is 35.0 Å². The van der Waals surface area contributed by atoms with E-state index in [0.29, 0.717) is 6.42 Å². The molecule has 19 heavy (non-hydrogen) atoms. The summed E-state index contributed by atoms with van der Waals surface area (Å²) in [5.74, 6) is 0.0335. The van der Waals surface area contributed by atoms with Gasteiger partial charge in [0, 0.05) is 24.4 Å². The molecule has 4 heteroatoms. The second-order valence-corrected chi connectivity index (χ2v) is 6.38. The van der Waals surface area contributed by atoms with Gasteiger partial charge in [-0.25, -0.2) is 0 Å². The fraction of sp³-hybridized carbons (Fsp3) is 0.800. The molecule has 0 radical (unpaired) electrons. The van der Waals surface area contributed by atoms with Gasteiger partial charge in [-0.2, -0.15) is 0 Å². The molecule has 2 unspecified atom stereocenters. The largest absolute Gasteiger partial charge is 0.461 e. The van der Waals surface area contributed by atoms with Gasteiger partial charge in [-0.3, -0.25) is 4.79 Å². The summed E-state index contributed by atoms with van der Waals surface area (Å²) in [6.45, 7) is 6.03. The first kappa shape index (κ1) is 13.1. The molecule has 1 aliphatic heterocycles. The van der Waals surface area contributed by atoms with Crippen LogP contribution in [0.1, 0.15) is 26.2 Å². The standard InChI is InChI=1S/C15H22O4/c1-7-3-4-9-8(2)15(18)19-14(9)13-10(7)5-12(17)11(13)6-16/h8-14,16-17H,1,3-6H2,2H3/t8?,9-,10-,11?,12+,13+,14-/m0/s1. The van der Waals surface area contributed by atoms with Gasteiger partial charge in [0.2, 0.25) is 0 Å². The molecule has 3 aliphatic rings. The Kier molecular flexibility index (Phi) is 3.18. The monoisotopic (exact) mass is 266 g/mol. The Morgan fingerprint density at radius 3 is 2.89 bits per heavy atom. The van der Waals surface area contributed by atoms with E-state index in [1.54, 1.807) is 0 Å². The summed E-state index contributed by atoms with van der Waals surface area (Å²) in [5, 5.41) is 19.7. The van der Waals surface area contributed by atoms with Crippen LogP contribution < -0.4 is 0 Å². The van der Waals surface area contributed by atoms with E-state index in [1.807, 2.05) is 6.92 Å². The quantitative estimate of drug-likeness (QED) is 0.551. The smallest absolute Gasteiger partial charge is 0.309 e. The van der Waals surface area contributed by atoms with Crippen molar-refractivity contribution in [2.24, 2.45) is 29.6 Å². The average Bonchev–Trinajstić information content (AvgIpc) is 2.81. The van der Waals surface area contributed by atoms with Crippen LogP contribution in [0.5, 0.6) is 0 Å². The average molecular weight is 266 g/mol. The third kappa shape index (κ3) is 1.84. The highest BCUT2D eigenvalue weighted by atomic mass is 16.6. The van der Waals surface area contributed by atoms with E-state index in [1.165, 1.54) is 0 Å². The van der Waals surface area contributed by atoms with E-state index in [0.717, 1.165) is 18.4 Å². The number of esters is 1. The predicted octanol–water partition coefficient (Wildman–Crippen LogP) is 1.12. The minimum Gasteiger partial charge on any atom is -0.461 e. The zero-order chi connectivity index (χ0) is 13.7. The Hall–Kier alpha value is -0.870. The van der Waals surface area contributed by atoms with Crippen molar-refractivity contribution in [3.8, 4) is 0 Å². The lowest BCUT2D eigenvalue weighted by atomic mass is 9.78. The molecule has 3 rings (SSSR count). The molecular formula is C15H22O4. The van der Waals surface area contributed by atoms with E-state index in [2.05, 4.69) is 6.58 Å². The van der Waals surface area contributed by atoms with Gasteiger partial charge < -0.3 is 14.9 Å². The summed E-state index contributed by atoms with van der Waals surface area (Å²) in [5.41, 5.74) is 1.15. The number of rotatable bonds is 1. The zero-order valence-corrected chi connectivity index (χ0v) is 11.3. The van der Waals surface area contributed by atoms with Crippen molar-refractivity contribution in [3.63, 3.8) is 0 Å². The topological polar surface area (TPSA) is 66.8 Å². The highest BCUT2D eigenvalue weighted by Crippen LogP contribution is 2.52. The van der Waals surface area contributed by atoms with Crippen molar-refractivity contribution in [1.29, 1.82) is 0 Å². The Morgan fingerprint density at radius 1 is 1.47 bits per heavy atom. The molecule has 2 saturated carbocycles. The molecule has 0 aromatic heterocycles. The maximum atomic E-state index is 11.8. The van der Waals surface area contributed by atoms with Gasteiger partial charge in [-0.1, -0.05) is 19.1 Å². The van der Waals surface area contributed by atoms with E-state index >= 15 is 0 Å². The number of carbonyl (C=O) groups excluding carboxylic acids is 1. The summed E-state index contributed by atoms with van der Waals surface area (Å²) in [7, 11) is 0. The highest BCUT2D eigenvalue weighted by Gasteiger charge is 2.56. The Labute approximate surface area is 113 Å². The lowest BCUT2D eigenvalue weighted by Crippen LogP contribution is -2.36. The summed E-state index contributed by atoms with van der Waals surface area (Å²) in [6.07, 6.45) is 1.81. The summed E-state index contributed by atoms with van der Waals surface area (Å²) in [4.78, 5) is 11.8. The molecule has 2 N–H and O–H groups in total. The molecule has 0 amide bonds. The van der Waals surface area contributed by atoms with Crippen LogP contribution >= 0.6 is 0 Å². The first-order chi connectivity index (χ1) is 9.04. The van der Waals surface area contributed by atoms with Gasteiger partial charge in [0.25, 0.3) is 0 Å². The molecule has 0 spiro atoms. The van der Waals surface area contributed by atoms with Gasteiger partial charge in [0.1, 0.15) is 6.10 Å². The fourth-order valence-corrected chi connectivity index (χ4v) is 4.41. The van der Waals surface area contributed by atoms with Gasteiger partial charge in [0.15, 0.2) is 0 Å². The zero-order valence-electron chi connectivity index (χ0n) is 11.3. The third-order valence-corrected chi connectivity index (χ3v) is 5.55. The molecule has 7 atom stereocenters. The molecule has 106 valence electrons. The van der Waals surface area contributed by atoms with Crippen molar-refractivity contribution in [1.82, 2.24) is 0 Å². The number of hydrogen-bond donors (Lipinski definition) is 2. The molecule has 4 nitrogen and oxygen atoms in total. The van der Waals surface area contributed by atoms with Crippen molar-refractivity contribution < 1.29 is 19.7 Å². The number of aliphatic hydroxyl groups is 2. The highest BCUT2D eigenvalue weighted by molar-refractivity contribution is 5.75. The molecule has 1 heterocycles. The molecule has 1 saturated heterocycles. The molecular weight excluding hydrogens is 244 g/mol. The number of carbonyl (C=O) groups is 1. The minimum atomic E-state index is -0.509. The van der Waals surface area contributed by atoms with Crippen LogP contribution in [-0.2, 0) is 9.53 Å². The second kappa shape index (κ2) is 4.60. The normalized spacial score (nSPS) is 49.5. The van der Waals surface area contributed by atoms with Crippen LogP contribution in [0.3, 0.4) is 0 Å². The predicted molar refractivity (Wildman–Crippen MR) is 69.1 cm³/mol. The first-order valence-electron chi connectivity index (χ1n) is 7.21. The molecule has 0 aromatic rings. The summed E-state index contributed by atoms with van der Waals surface area (Å²) < 4.78 is 5.60. The second-order valence-electron chi connectivity index (χ2n) is 6.38. The third-order valence-electron chi connectivity index (χ3n) is 5.55. The van der Waals surface area contributed by atoms with Crippen LogP contribution in [0.25, 0.3) is 0 Å². The van der Waals surface area contributed by atoms with Gasteiger partial charge in [0.05, 0.1) is 12.0 Å². The Balaban J connectivity index is 1.96. The summed E-state index contributed by atoms with van der Waals surface area (Å²) in [6, 6.07) is 0. The Morgan fingerprint density at radius 2 is 2.21 bits per heavy atom. The first-order valence-corrected chi connectivity index (χ1v) is 7.21. The molecule has 2 aliphatic carbocycles. The minimum absolute atomic E-state index is 0.0360. The van der Waals surface area contributed by atoms with E-state index < -0.39 is 6.10 Å². The van der Waals surface area contributed by atoms with Crippen molar-refractivity contribution in [2.75, 3.05) is 6.61 Å².